The van der Waals surface area contributed by atoms with Crippen LogP contribution in [-0.2, 0) is 16.2 Å². The van der Waals surface area contributed by atoms with Gasteiger partial charge in [0.1, 0.15) is 0 Å². The van der Waals surface area contributed by atoms with Gasteiger partial charge in [0.2, 0.25) is 0 Å². The quantitative estimate of drug-likeness (QED) is 0.147. The summed E-state index contributed by atoms with van der Waals surface area (Å²) in [6, 6.07) is 105. The maximum atomic E-state index is 2.47. The van der Waals surface area contributed by atoms with Crippen LogP contribution in [0.15, 0.2) is 279 Å². The number of hydrogen-bond acceptors (Lipinski definition) is 1. The molecule has 0 atom stereocenters. The van der Waals surface area contributed by atoms with E-state index in [9.17, 15) is 0 Å². The number of fused-ring (bicyclic) bond motifs is 12. The fraction of sp³-hybridized carbons (Fsp3) is 0.0886. The molecule has 2 heteroatoms. The molecule has 0 amide bonds. The van der Waals surface area contributed by atoms with Crippen LogP contribution in [0.5, 0.6) is 0 Å². The van der Waals surface area contributed by atoms with E-state index < -0.39 is 5.41 Å². The standard InChI is InChI=1S/C79H58N2/c1-77(2)70-28-16-12-26-64(70)66-49-59(42-44-71(66)77)80(60-41-43-65-61-23-11-15-27-69(61)78(3,4)74(65)50-60)58-39-33-52(34-40-58)54-36-46-76-68(48-54)67-47-53(35-45-75(67)81(76)57-21-9-6-10-22-57)51-31-37-56(38-32-51)79(55-19-7-5-8-20-55)72-29-17-13-24-62(72)63-25-14-18-30-73(63)79/h5-50H,1-4H3. The molecule has 12 aromatic carbocycles. The van der Waals surface area contributed by atoms with Crippen molar-refractivity contribution < 1.29 is 0 Å². The summed E-state index contributed by atoms with van der Waals surface area (Å²) >= 11 is 0. The molecule has 0 saturated carbocycles. The summed E-state index contributed by atoms with van der Waals surface area (Å²) in [7, 11) is 0. The Morgan fingerprint density at radius 2 is 0.667 bits per heavy atom. The van der Waals surface area contributed by atoms with E-state index >= 15 is 0 Å². The van der Waals surface area contributed by atoms with E-state index in [0.29, 0.717) is 0 Å². The van der Waals surface area contributed by atoms with Gasteiger partial charge < -0.3 is 9.47 Å². The van der Waals surface area contributed by atoms with Gasteiger partial charge >= 0.3 is 0 Å². The van der Waals surface area contributed by atoms with Gasteiger partial charge in [-0.1, -0.05) is 234 Å². The largest absolute Gasteiger partial charge is 0.310 e. The number of anilines is 3. The zero-order valence-electron chi connectivity index (χ0n) is 46.0. The molecule has 0 fully saturated rings. The highest BCUT2D eigenvalue weighted by atomic mass is 15.1. The van der Waals surface area contributed by atoms with Gasteiger partial charge in [-0.2, -0.15) is 0 Å². The van der Waals surface area contributed by atoms with Gasteiger partial charge in [-0.3, -0.25) is 0 Å². The number of para-hydroxylation sites is 1. The zero-order chi connectivity index (χ0) is 54.2. The lowest BCUT2D eigenvalue weighted by Gasteiger charge is -2.34. The van der Waals surface area contributed by atoms with Crippen LogP contribution in [0.1, 0.15) is 72.2 Å². The summed E-state index contributed by atoms with van der Waals surface area (Å²) in [5.74, 6) is 0. The predicted molar refractivity (Wildman–Crippen MR) is 339 cm³/mol. The van der Waals surface area contributed by atoms with E-state index in [4.69, 9.17) is 0 Å². The molecule has 13 aromatic rings. The lowest BCUT2D eigenvalue weighted by molar-refractivity contribution is 0.660. The van der Waals surface area contributed by atoms with Gasteiger partial charge in [0.05, 0.1) is 16.4 Å². The summed E-state index contributed by atoms with van der Waals surface area (Å²) in [6.07, 6.45) is 0. The van der Waals surface area contributed by atoms with Crippen molar-refractivity contribution in [3.8, 4) is 61.3 Å². The van der Waals surface area contributed by atoms with Crippen molar-refractivity contribution >= 4 is 38.9 Å². The van der Waals surface area contributed by atoms with Crippen LogP contribution in [0, 0.1) is 0 Å². The number of nitrogens with zero attached hydrogens (tertiary/aromatic N) is 2. The summed E-state index contributed by atoms with van der Waals surface area (Å²) in [5, 5.41) is 2.45. The topological polar surface area (TPSA) is 8.17 Å². The summed E-state index contributed by atoms with van der Waals surface area (Å²) in [6.45, 7) is 9.46. The fourth-order valence-corrected chi connectivity index (χ4v) is 14.8. The van der Waals surface area contributed by atoms with Crippen LogP contribution in [0.25, 0.3) is 83.1 Å². The van der Waals surface area contributed by atoms with Crippen LogP contribution in [0.2, 0.25) is 0 Å². The molecular formula is C79H58N2. The molecule has 384 valence electrons. The molecule has 0 aliphatic heterocycles. The lowest BCUT2D eigenvalue weighted by Crippen LogP contribution is -2.28. The fourth-order valence-electron chi connectivity index (χ4n) is 14.8. The van der Waals surface area contributed by atoms with Crippen molar-refractivity contribution in [3.05, 3.63) is 324 Å². The molecule has 0 radical (unpaired) electrons. The zero-order valence-corrected chi connectivity index (χ0v) is 46.0. The van der Waals surface area contributed by atoms with Crippen LogP contribution >= 0.6 is 0 Å². The van der Waals surface area contributed by atoms with E-state index in [1.165, 1.54) is 122 Å². The molecule has 0 unspecified atom stereocenters. The van der Waals surface area contributed by atoms with Crippen LogP contribution in [-0.4, -0.2) is 4.57 Å². The van der Waals surface area contributed by atoms with Crippen molar-refractivity contribution in [2.75, 3.05) is 4.90 Å². The Hall–Kier alpha value is -9.76. The van der Waals surface area contributed by atoms with Crippen molar-refractivity contribution in [1.82, 2.24) is 4.57 Å². The molecule has 0 spiro atoms. The first-order valence-corrected chi connectivity index (χ1v) is 28.6. The third-order valence-electron chi connectivity index (χ3n) is 18.7. The molecule has 3 aliphatic rings. The highest BCUT2D eigenvalue weighted by molar-refractivity contribution is 6.12. The molecule has 2 nitrogen and oxygen atoms in total. The van der Waals surface area contributed by atoms with Crippen LogP contribution in [0.3, 0.4) is 0 Å². The van der Waals surface area contributed by atoms with Crippen molar-refractivity contribution in [2.45, 2.75) is 43.9 Å². The van der Waals surface area contributed by atoms with Gasteiger partial charge in [0.15, 0.2) is 0 Å². The van der Waals surface area contributed by atoms with Crippen LogP contribution < -0.4 is 4.90 Å². The first-order valence-electron chi connectivity index (χ1n) is 28.6. The van der Waals surface area contributed by atoms with Crippen molar-refractivity contribution in [2.24, 2.45) is 0 Å². The average Bonchev–Trinajstić information content (AvgIpc) is 4.38. The van der Waals surface area contributed by atoms with Gasteiger partial charge in [-0.25, -0.2) is 0 Å². The number of aromatic nitrogens is 1. The van der Waals surface area contributed by atoms with Crippen molar-refractivity contribution in [1.29, 1.82) is 0 Å². The maximum absolute atomic E-state index is 2.47. The van der Waals surface area contributed by atoms with Gasteiger partial charge in [-0.15, -0.1) is 0 Å². The van der Waals surface area contributed by atoms with E-state index in [0.717, 1.165) is 22.7 Å². The second-order valence-electron chi connectivity index (χ2n) is 23.6. The second-order valence-corrected chi connectivity index (χ2v) is 23.6. The molecule has 0 saturated heterocycles. The maximum Gasteiger partial charge on any atom is 0.0713 e. The molecule has 0 N–H and O–H groups in total. The summed E-state index contributed by atoms with van der Waals surface area (Å²) in [5.41, 5.74) is 29.6. The number of rotatable bonds is 8. The molecule has 16 rings (SSSR count). The summed E-state index contributed by atoms with van der Waals surface area (Å²) < 4.78 is 2.42. The van der Waals surface area contributed by atoms with E-state index in [-0.39, 0.29) is 10.8 Å². The first kappa shape index (κ1) is 47.3. The summed E-state index contributed by atoms with van der Waals surface area (Å²) in [4.78, 5) is 2.47. The van der Waals surface area contributed by atoms with E-state index in [2.05, 4.69) is 316 Å². The second kappa shape index (κ2) is 17.6. The lowest BCUT2D eigenvalue weighted by atomic mass is 9.67. The predicted octanol–water partition coefficient (Wildman–Crippen LogP) is 20.6. The minimum absolute atomic E-state index is 0.0780. The van der Waals surface area contributed by atoms with Gasteiger partial charge in [-0.05, 0) is 173 Å². The Bertz CT molecular complexity index is 4630. The minimum atomic E-state index is -0.440. The SMILES string of the molecule is CC1(C)c2ccccc2-c2cc(N(c3ccc(-c4ccc5c(c4)c4cc(-c6ccc(C7(c8ccccc8)c8ccccc8-c8ccccc87)cc6)ccc4n5-c4ccccc4)cc3)c3ccc4c(c3)C(C)(C)c3ccccc3-4)ccc21. The Balaban J connectivity index is 0.806. The van der Waals surface area contributed by atoms with Crippen molar-refractivity contribution in [3.63, 3.8) is 0 Å². The minimum Gasteiger partial charge on any atom is -0.310 e. The van der Waals surface area contributed by atoms with Gasteiger partial charge in [0, 0.05) is 44.4 Å². The normalized spacial score (nSPS) is 14.5. The third-order valence-corrected chi connectivity index (χ3v) is 18.7. The molecule has 3 aliphatic carbocycles. The highest BCUT2D eigenvalue weighted by Gasteiger charge is 2.46. The molecule has 81 heavy (non-hydrogen) atoms. The number of hydrogen-bond donors (Lipinski definition) is 0. The number of benzene rings is 12. The third kappa shape index (κ3) is 6.87. The Labute approximate surface area is 474 Å². The molecule has 1 aromatic heterocycles. The Kier molecular flexibility index (Phi) is 10.3. The van der Waals surface area contributed by atoms with Gasteiger partial charge in [0.25, 0.3) is 0 Å². The Morgan fingerprint density at radius 3 is 1.25 bits per heavy atom. The molecule has 0 bridgehead atoms. The van der Waals surface area contributed by atoms with E-state index in [1.54, 1.807) is 0 Å². The van der Waals surface area contributed by atoms with E-state index in [1.807, 2.05) is 0 Å². The first-order chi connectivity index (χ1) is 39.7. The monoisotopic (exact) mass is 1030 g/mol. The van der Waals surface area contributed by atoms with Crippen LogP contribution in [0.4, 0.5) is 17.1 Å². The molecular weight excluding hydrogens is 977 g/mol. The molecule has 1 heterocycles. The highest BCUT2D eigenvalue weighted by Crippen LogP contribution is 2.57. The Morgan fingerprint density at radius 1 is 0.272 bits per heavy atom. The average molecular weight is 1040 g/mol. The smallest absolute Gasteiger partial charge is 0.0713 e.